The number of nitrogens with zero attached hydrogens (tertiary/aromatic N) is 2. The van der Waals surface area contributed by atoms with Crippen molar-refractivity contribution < 1.29 is 8.42 Å². The van der Waals surface area contributed by atoms with Crippen LogP contribution in [0.15, 0.2) is 29.2 Å². The molecule has 0 amide bonds. The molecule has 2 saturated heterocycles. The molecule has 5 nitrogen and oxygen atoms in total. The third-order valence-corrected chi connectivity index (χ3v) is 6.33. The largest absolute Gasteiger partial charge is 0.316 e. The molecular weight excluding hydrogens is 286 g/mol. The number of benzene rings is 1. The van der Waals surface area contributed by atoms with E-state index in [1.165, 1.54) is 6.42 Å². The quantitative estimate of drug-likeness (QED) is 0.897. The summed E-state index contributed by atoms with van der Waals surface area (Å²) in [4.78, 5) is 2.84. The van der Waals surface area contributed by atoms with Gasteiger partial charge in [-0.2, -0.15) is 4.31 Å². The maximum Gasteiger partial charge on any atom is 0.243 e. The molecule has 1 aromatic carbocycles. The van der Waals surface area contributed by atoms with Crippen LogP contribution in [0.25, 0.3) is 0 Å². The van der Waals surface area contributed by atoms with E-state index in [1.54, 1.807) is 16.4 Å². The minimum Gasteiger partial charge on any atom is -0.316 e. The minimum absolute atomic E-state index is 0.411. The van der Waals surface area contributed by atoms with Gasteiger partial charge in [-0.05, 0) is 44.1 Å². The second kappa shape index (κ2) is 6.04. The Balaban J connectivity index is 1.81. The van der Waals surface area contributed by atoms with Gasteiger partial charge in [0.15, 0.2) is 0 Å². The average Bonchev–Trinajstić information content (AvgIpc) is 2.95. The number of sulfonamides is 1. The van der Waals surface area contributed by atoms with Crippen molar-refractivity contribution >= 4 is 10.0 Å². The Bertz CT molecular complexity index is 603. The SMILES string of the molecule is CNCc1cccc(S(=O)(=O)N2CCN3CCCC3C2)c1. The Hall–Kier alpha value is -0.950. The van der Waals surface area contributed by atoms with Crippen LogP contribution < -0.4 is 5.32 Å². The van der Waals surface area contributed by atoms with Crippen LogP contribution in [0.1, 0.15) is 18.4 Å². The van der Waals surface area contributed by atoms with Crippen LogP contribution in [0.4, 0.5) is 0 Å². The topological polar surface area (TPSA) is 52.7 Å². The molecule has 116 valence electrons. The van der Waals surface area contributed by atoms with Crippen LogP contribution in [0, 0.1) is 0 Å². The molecule has 2 aliphatic rings. The molecule has 0 radical (unpaired) electrons. The molecule has 2 fully saturated rings. The van der Waals surface area contributed by atoms with Gasteiger partial charge in [0.25, 0.3) is 0 Å². The highest BCUT2D eigenvalue weighted by Crippen LogP contribution is 2.26. The van der Waals surface area contributed by atoms with Crippen molar-refractivity contribution in [3.63, 3.8) is 0 Å². The summed E-state index contributed by atoms with van der Waals surface area (Å²) < 4.78 is 27.3. The van der Waals surface area contributed by atoms with Crippen LogP contribution in [-0.4, -0.2) is 56.9 Å². The van der Waals surface area contributed by atoms with Crippen molar-refractivity contribution in [2.24, 2.45) is 0 Å². The first-order valence-electron chi connectivity index (χ1n) is 7.59. The van der Waals surface area contributed by atoms with Crippen molar-refractivity contribution in [1.29, 1.82) is 0 Å². The molecule has 6 heteroatoms. The Morgan fingerprint density at radius 1 is 1.29 bits per heavy atom. The maximum absolute atomic E-state index is 12.8. The molecule has 1 N–H and O–H groups in total. The Morgan fingerprint density at radius 2 is 2.14 bits per heavy atom. The molecule has 0 saturated carbocycles. The number of hydrogen-bond acceptors (Lipinski definition) is 4. The molecular formula is C15H23N3O2S. The highest BCUT2D eigenvalue weighted by Gasteiger charge is 2.36. The van der Waals surface area contributed by atoms with Gasteiger partial charge >= 0.3 is 0 Å². The molecule has 21 heavy (non-hydrogen) atoms. The van der Waals surface area contributed by atoms with Gasteiger partial charge in [0, 0.05) is 32.2 Å². The molecule has 2 heterocycles. The summed E-state index contributed by atoms with van der Waals surface area (Å²) in [7, 11) is -1.50. The van der Waals surface area contributed by atoms with Crippen molar-refractivity contribution in [3.8, 4) is 0 Å². The Labute approximate surface area is 127 Å². The number of fused-ring (bicyclic) bond motifs is 1. The van der Waals surface area contributed by atoms with Crippen molar-refractivity contribution in [3.05, 3.63) is 29.8 Å². The summed E-state index contributed by atoms with van der Waals surface area (Å²) in [5.41, 5.74) is 0.998. The van der Waals surface area contributed by atoms with E-state index in [1.807, 2.05) is 19.2 Å². The molecule has 0 bridgehead atoms. The number of piperazine rings is 1. The molecule has 0 aliphatic carbocycles. The minimum atomic E-state index is -3.36. The molecule has 0 aromatic heterocycles. The monoisotopic (exact) mass is 309 g/mol. The molecule has 1 aromatic rings. The van der Waals surface area contributed by atoms with Crippen molar-refractivity contribution in [1.82, 2.24) is 14.5 Å². The second-order valence-electron chi connectivity index (χ2n) is 5.87. The highest BCUT2D eigenvalue weighted by atomic mass is 32.2. The first-order chi connectivity index (χ1) is 10.1. The third kappa shape index (κ3) is 2.99. The van der Waals surface area contributed by atoms with Gasteiger partial charge in [-0.25, -0.2) is 8.42 Å². The van der Waals surface area contributed by atoms with E-state index in [4.69, 9.17) is 0 Å². The van der Waals surface area contributed by atoms with E-state index >= 15 is 0 Å². The summed E-state index contributed by atoms with van der Waals surface area (Å²) in [6.07, 6.45) is 2.31. The van der Waals surface area contributed by atoms with Crippen LogP contribution in [0.3, 0.4) is 0 Å². The van der Waals surface area contributed by atoms with Gasteiger partial charge in [0.05, 0.1) is 4.90 Å². The predicted octanol–water partition coefficient (Wildman–Crippen LogP) is 0.875. The lowest BCUT2D eigenvalue weighted by atomic mass is 10.2. The number of rotatable bonds is 4. The van der Waals surface area contributed by atoms with Crippen molar-refractivity contribution in [2.45, 2.75) is 30.3 Å². The van der Waals surface area contributed by atoms with E-state index in [0.717, 1.165) is 25.1 Å². The van der Waals surface area contributed by atoms with Crippen LogP contribution in [0.5, 0.6) is 0 Å². The fourth-order valence-corrected chi connectivity index (χ4v) is 4.89. The van der Waals surface area contributed by atoms with Gasteiger partial charge < -0.3 is 5.32 Å². The van der Waals surface area contributed by atoms with Crippen molar-refractivity contribution in [2.75, 3.05) is 33.2 Å². The first kappa shape index (κ1) is 15.0. The standard InChI is InChI=1S/C15H23N3O2S/c1-16-11-13-4-2-6-15(10-13)21(19,20)18-9-8-17-7-3-5-14(17)12-18/h2,4,6,10,14,16H,3,5,7-9,11-12H2,1H3. The lowest BCUT2D eigenvalue weighted by molar-refractivity contribution is 0.158. The van der Waals surface area contributed by atoms with Crippen LogP contribution in [-0.2, 0) is 16.6 Å². The molecule has 1 atom stereocenters. The van der Waals surface area contributed by atoms with Gasteiger partial charge in [0.2, 0.25) is 10.0 Å². The van der Waals surface area contributed by atoms with Gasteiger partial charge in [-0.1, -0.05) is 12.1 Å². The zero-order valence-corrected chi connectivity index (χ0v) is 13.3. The second-order valence-corrected chi connectivity index (χ2v) is 7.81. The summed E-state index contributed by atoms with van der Waals surface area (Å²) in [6.45, 7) is 3.91. The highest BCUT2D eigenvalue weighted by molar-refractivity contribution is 7.89. The lowest BCUT2D eigenvalue weighted by Gasteiger charge is -2.36. The molecule has 2 aliphatic heterocycles. The summed E-state index contributed by atoms with van der Waals surface area (Å²) in [6, 6.07) is 7.67. The van der Waals surface area contributed by atoms with E-state index in [9.17, 15) is 8.42 Å². The predicted molar refractivity (Wildman–Crippen MR) is 82.6 cm³/mol. The Kier molecular flexibility index (Phi) is 4.31. The fourth-order valence-electron chi connectivity index (χ4n) is 3.35. The maximum atomic E-state index is 12.8. The van der Waals surface area contributed by atoms with Crippen LogP contribution >= 0.6 is 0 Å². The first-order valence-corrected chi connectivity index (χ1v) is 9.03. The zero-order valence-electron chi connectivity index (χ0n) is 12.5. The number of nitrogens with one attached hydrogen (secondary N) is 1. The van der Waals surface area contributed by atoms with Gasteiger partial charge in [-0.15, -0.1) is 0 Å². The summed E-state index contributed by atoms with van der Waals surface area (Å²) in [5.74, 6) is 0. The van der Waals surface area contributed by atoms with Crippen LogP contribution in [0.2, 0.25) is 0 Å². The Morgan fingerprint density at radius 3 is 2.95 bits per heavy atom. The zero-order chi connectivity index (χ0) is 14.9. The summed E-state index contributed by atoms with van der Waals surface area (Å²) in [5, 5.41) is 3.06. The van der Waals surface area contributed by atoms with E-state index in [2.05, 4.69) is 10.2 Å². The number of hydrogen-bond donors (Lipinski definition) is 1. The normalized spacial score (nSPS) is 24.1. The lowest BCUT2D eigenvalue weighted by Crippen LogP contribution is -2.51. The van der Waals surface area contributed by atoms with E-state index < -0.39 is 10.0 Å². The average molecular weight is 309 g/mol. The summed E-state index contributed by atoms with van der Waals surface area (Å²) >= 11 is 0. The fraction of sp³-hybridized carbons (Fsp3) is 0.600. The van der Waals surface area contributed by atoms with Gasteiger partial charge in [0.1, 0.15) is 0 Å². The van der Waals surface area contributed by atoms with E-state index in [-0.39, 0.29) is 0 Å². The molecule has 0 spiro atoms. The van der Waals surface area contributed by atoms with E-state index in [0.29, 0.717) is 30.6 Å². The molecule has 3 rings (SSSR count). The smallest absolute Gasteiger partial charge is 0.243 e. The van der Waals surface area contributed by atoms with Gasteiger partial charge in [-0.3, -0.25) is 4.90 Å². The molecule has 1 unspecified atom stereocenters. The third-order valence-electron chi connectivity index (χ3n) is 4.47.